The van der Waals surface area contributed by atoms with E-state index in [0.29, 0.717) is 11.5 Å². The molecule has 4 rings (SSSR count). The van der Waals surface area contributed by atoms with Crippen LogP contribution in [-0.4, -0.2) is 21.0 Å². The summed E-state index contributed by atoms with van der Waals surface area (Å²) in [7, 11) is 0. The molecule has 0 aliphatic heterocycles. The third-order valence-electron chi connectivity index (χ3n) is 4.27. The van der Waals surface area contributed by atoms with Gasteiger partial charge in [-0.3, -0.25) is 9.78 Å². The number of rotatable bonds is 4. The van der Waals surface area contributed by atoms with Crippen molar-refractivity contribution in [2.75, 3.05) is 5.32 Å². The van der Waals surface area contributed by atoms with Gasteiger partial charge in [0.2, 0.25) is 5.91 Å². The normalized spacial score (nSPS) is 13.9. The van der Waals surface area contributed by atoms with Crippen molar-refractivity contribution in [2.24, 2.45) is 5.92 Å². The predicted octanol–water partition coefficient (Wildman–Crippen LogP) is 3.14. The van der Waals surface area contributed by atoms with E-state index < -0.39 is 0 Å². The number of nitrogens with zero attached hydrogens (tertiary/aromatic N) is 2. The number of aliphatic hydroxyl groups is 1. The van der Waals surface area contributed by atoms with Gasteiger partial charge >= 0.3 is 0 Å². The molecule has 2 aromatic heterocycles. The molecule has 24 heavy (non-hydrogen) atoms. The molecule has 5 nitrogen and oxygen atoms in total. The molecule has 0 saturated heterocycles. The lowest BCUT2D eigenvalue weighted by molar-refractivity contribution is -0.117. The molecular weight excluding hydrogens is 302 g/mol. The average molecular weight is 319 g/mol. The van der Waals surface area contributed by atoms with Gasteiger partial charge in [-0.25, -0.2) is 4.98 Å². The van der Waals surface area contributed by atoms with Gasteiger partial charge in [0, 0.05) is 29.3 Å². The van der Waals surface area contributed by atoms with E-state index in [2.05, 4.69) is 15.3 Å². The van der Waals surface area contributed by atoms with Crippen LogP contribution < -0.4 is 5.32 Å². The highest BCUT2D eigenvalue weighted by Crippen LogP contribution is 2.31. The van der Waals surface area contributed by atoms with Crippen molar-refractivity contribution in [1.82, 2.24) is 9.97 Å². The number of carbonyl (C=O) groups is 1. The second kappa shape index (κ2) is 6.02. The number of aromatic nitrogens is 2. The first-order valence-corrected chi connectivity index (χ1v) is 8.00. The van der Waals surface area contributed by atoms with Gasteiger partial charge in [0.25, 0.3) is 0 Å². The molecule has 2 heterocycles. The van der Waals surface area contributed by atoms with Gasteiger partial charge in [-0.05, 0) is 42.0 Å². The Labute approximate surface area is 139 Å². The highest BCUT2D eigenvalue weighted by molar-refractivity contribution is 5.96. The summed E-state index contributed by atoms with van der Waals surface area (Å²) in [6.45, 7) is -0.0986. The first kappa shape index (κ1) is 14.8. The molecule has 1 saturated carbocycles. The summed E-state index contributed by atoms with van der Waals surface area (Å²) >= 11 is 0. The largest absolute Gasteiger partial charge is 0.390 e. The van der Waals surface area contributed by atoms with Crippen molar-refractivity contribution in [2.45, 2.75) is 19.4 Å². The smallest absolute Gasteiger partial charge is 0.228 e. The Morgan fingerprint density at radius 3 is 2.83 bits per heavy atom. The quantitative estimate of drug-likeness (QED) is 0.774. The molecule has 0 radical (unpaired) electrons. The van der Waals surface area contributed by atoms with E-state index >= 15 is 0 Å². The first-order chi connectivity index (χ1) is 11.7. The number of amides is 1. The summed E-state index contributed by atoms with van der Waals surface area (Å²) in [5.41, 5.74) is 2.54. The van der Waals surface area contributed by atoms with Gasteiger partial charge in [-0.1, -0.05) is 18.2 Å². The van der Waals surface area contributed by atoms with Crippen LogP contribution in [0, 0.1) is 5.92 Å². The molecule has 0 spiro atoms. The fourth-order valence-electron chi connectivity index (χ4n) is 2.78. The maximum Gasteiger partial charge on any atom is 0.228 e. The van der Waals surface area contributed by atoms with Crippen molar-refractivity contribution in [1.29, 1.82) is 0 Å². The minimum absolute atomic E-state index is 0.0569. The van der Waals surface area contributed by atoms with Crippen molar-refractivity contribution in [3.63, 3.8) is 0 Å². The maximum atomic E-state index is 11.8. The number of pyridine rings is 2. The lowest BCUT2D eigenvalue weighted by Gasteiger charge is -2.09. The minimum Gasteiger partial charge on any atom is -0.390 e. The van der Waals surface area contributed by atoms with Crippen LogP contribution in [0.4, 0.5) is 5.82 Å². The minimum atomic E-state index is -0.0986. The van der Waals surface area contributed by atoms with Gasteiger partial charge in [-0.2, -0.15) is 0 Å². The summed E-state index contributed by atoms with van der Waals surface area (Å²) < 4.78 is 0. The molecule has 1 aliphatic carbocycles. The van der Waals surface area contributed by atoms with Crippen LogP contribution in [0.5, 0.6) is 0 Å². The van der Waals surface area contributed by atoms with Crippen LogP contribution in [-0.2, 0) is 11.4 Å². The molecule has 5 heteroatoms. The predicted molar refractivity (Wildman–Crippen MR) is 92.3 cm³/mol. The Hall–Kier alpha value is -2.79. The average Bonchev–Trinajstić information content (AvgIpc) is 3.46. The Morgan fingerprint density at radius 2 is 2.04 bits per heavy atom. The van der Waals surface area contributed by atoms with E-state index in [9.17, 15) is 9.90 Å². The Morgan fingerprint density at radius 1 is 1.17 bits per heavy atom. The van der Waals surface area contributed by atoms with Gasteiger partial charge < -0.3 is 10.4 Å². The zero-order valence-electron chi connectivity index (χ0n) is 13.1. The maximum absolute atomic E-state index is 11.8. The summed E-state index contributed by atoms with van der Waals surface area (Å²) in [5, 5.41) is 14.3. The van der Waals surface area contributed by atoms with Crippen LogP contribution in [0.15, 0.2) is 48.8 Å². The fourth-order valence-corrected chi connectivity index (χ4v) is 2.78. The van der Waals surface area contributed by atoms with Crippen molar-refractivity contribution >= 4 is 22.5 Å². The van der Waals surface area contributed by atoms with Crippen molar-refractivity contribution in [3.05, 3.63) is 54.5 Å². The zero-order chi connectivity index (χ0) is 16.5. The molecule has 0 unspecified atom stereocenters. The van der Waals surface area contributed by atoms with Gasteiger partial charge in [-0.15, -0.1) is 0 Å². The lowest BCUT2D eigenvalue weighted by atomic mass is 10.0. The monoisotopic (exact) mass is 319 g/mol. The molecule has 1 aliphatic rings. The van der Waals surface area contributed by atoms with Crippen LogP contribution in [0.3, 0.4) is 0 Å². The van der Waals surface area contributed by atoms with E-state index in [1.807, 2.05) is 36.4 Å². The molecular formula is C19H17N3O2. The number of nitrogens with one attached hydrogen (secondary N) is 1. The zero-order valence-corrected chi connectivity index (χ0v) is 13.1. The Kier molecular flexibility index (Phi) is 3.70. The summed E-state index contributed by atoms with van der Waals surface area (Å²) in [6, 6.07) is 11.7. The summed E-state index contributed by atoms with van der Waals surface area (Å²) in [4.78, 5) is 20.4. The third-order valence-corrected chi connectivity index (χ3v) is 4.27. The molecule has 120 valence electrons. The van der Waals surface area contributed by atoms with Gasteiger partial charge in [0.1, 0.15) is 5.82 Å². The lowest BCUT2D eigenvalue weighted by Crippen LogP contribution is -2.14. The highest BCUT2D eigenvalue weighted by Gasteiger charge is 2.29. The number of hydrogen-bond donors (Lipinski definition) is 2. The third kappa shape index (κ3) is 2.86. The number of anilines is 1. The number of fused-ring (bicyclic) bond motifs is 1. The molecule has 1 amide bonds. The topological polar surface area (TPSA) is 75.1 Å². The molecule has 3 aromatic rings. The van der Waals surface area contributed by atoms with E-state index in [0.717, 1.165) is 34.7 Å². The van der Waals surface area contributed by atoms with Gasteiger partial charge in [0.15, 0.2) is 0 Å². The number of aliphatic hydroxyl groups excluding tert-OH is 1. The standard InChI is InChI=1S/C19H17N3O2/c23-11-17-16(2-1-7-20-17)14-6-5-13-9-18(21-10-15(13)8-14)22-19(24)12-3-4-12/h1-2,5-10,12,23H,3-4,11H2,(H,21,22,24). The molecule has 2 N–H and O–H groups in total. The molecule has 0 bridgehead atoms. The van der Waals surface area contributed by atoms with Crippen molar-refractivity contribution < 1.29 is 9.90 Å². The van der Waals surface area contributed by atoms with Crippen LogP contribution in [0.2, 0.25) is 0 Å². The van der Waals surface area contributed by atoms with Crippen LogP contribution >= 0.6 is 0 Å². The van der Waals surface area contributed by atoms with E-state index in [1.54, 1.807) is 12.4 Å². The van der Waals surface area contributed by atoms with Gasteiger partial charge in [0.05, 0.1) is 12.3 Å². The summed E-state index contributed by atoms with van der Waals surface area (Å²) in [5.74, 6) is 0.804. The van der Waals surface area contributed by atoms with Crippen LogP contribution in [0.1, 0.15) is 18.5 Å². The van der Waals surface area contributed by atoms with Crippen molar-refractivity contribution in [3.8, 4) is 11.1 Å². The Bertz CT molecular complexity index is 919. The van der Waals surface area contributed by atoms with E-state index in [4.69, 9.17) is 0 Å². The molecule has 1 aromatic carbocycles. The molecule has 1 fully saturated rings. The van der Waals surface area contributed by atoms with E-state index in [-0.39, 0.29) is 18.4 Å². The second-order valence-corrected chi connectivity index (χ2v) is 6.05. The summed E-state index contributed by atoms with van der Waals surface area (Å²) in [6.07, 6.45) is 5.38. The number of hydrogen-bond acceptors (Lipinski definition) is 4. The number of carbonyl (C=O) groups excluding carboxylic acids is 1. The Balaban J connectivity index is 1.67. The number of benzene rings is 1. The first-order valence-electron chi connectivity index (χ1n) is 8.00. The van der Waals surface area contributed by atoms with Crippen LogP contribution in [0.25, 0.3) is 21.9 Å². The van der Waals surface area contributed by atoms with E-state index in [1.165, 1.54) is 0 Å². The fraction of sp³-hybridized carbons (Fsp3) is 0.211. The highest BCUT2D eigenvalue weighted by atomic mass is 16.3. The second-order valence-electron chi connectivity index (χ2n) is 6.05. The SMILES string of the molecule is O=C(Nc1cc2ccc(-c3cccnc3CO)cc2cn1)C1CC1. The molecule has 0 atom stereocenters.